The van der Waals surface area contributed by atoms with E-state index in [9.17, 15) is 0 Å². The number of thiazole rings is 1. The Hall–Kier alpha value is -1.23. The third-order valence-electron chi connectivity index (χ3n) is 2.74. The molecule has 0 radical (unpaired) electrons. The van der Waals surface area contributed by atoms with E-state index in [1.165, 1.54) is 22.3 Å². The lowest BCUT2D eigenvalue weighted by atomic mass is 9.98. The molecule has 1 aromatic heterocycles. The molecule has 0 unspecified atom stereocenters. The topological polar surface area (TPSA) is 50.9 Å². The van der Waals surface area contributed by atoms with Gasteiger partial charge < -0.3 is 0 Å². The van der Waals surface area contributed by atoms with E-state index in [1.54, 1.807) is 11.3 Å². The Morgan fingerprint density at radius 3 is 2.47 bits per heavy atom. The van der Waals surface area contributed by atoms with Gasteiger partial charge in [0, 0.05) is 10.9 Å². The molecule has 90 valence electrons. The molecule has 2 rings (SSSR count). The molecule has 0 bridgehead atoms. The molecule has 0 saturated heterocycles. The van der Waals surface area contributed by atoms with Crippen molar-refractivity contribution in [1.82, 2.24) is 10.4 Å². The van der Waals surface area contributed by atoms with Crippen molar-refractivity contribution in [3.05, 3.63) is 39.2 Å². The zero-order valence-electron chi connectivity index (χ0n) is 10.4. The number of aryl methyl sites for hydroxylation is 3. The minimum Gasteiger partial charge on any atom is -0.271 e. The lowest BCUT2D eigenvalue weighted by molar-refractivity contribution is 0.737. The summed E-state index contributed by atoms with van der Waals surface area (Å²) in [6.45, 7) is 7.01. The van der Waals surface area contributed by atoms with Crippen LogP contribution in [-0.2, 0) is 6.54 Å². The molecule has 0 aliphatic heterocycles. The maximum absolute atomic E-state index is 5.30. The van der Waals surface area contributed by atoms with E-state index in [1.807, 2.05) is 0 Å². The normalized spacial score (nSPS) is 10.8. The summed E-state index contributed by atoms with van der Waals surface area (Å²) in [6, 6.07) is 4.39. The lowest BCUT2D eigenvalue weighted by Gasteiger charge is -2.08. The van der Waals surface area contributed by atoms with Gasteiger partial charge in [0.25, 0.3) is 0 Å². The molecule has 0 aliphatic rings. The van der Waals surface area contributed by atoms with Gasteiger partial charge in [0.05, 0.1) is 12.2 Å². The summed E-state index contributed by atoms with van der Waals surface area (Å²) in [7, 11) is 0. The van der Waals surface area contributed by atoms with Crippen LogP contribution in [-0.4, -0.2) is 4.98 Å². The molecule has 0 spiro atoms. The average molecular weight is 247 g/mol. The number of rotatable bonds is 3. The zero-order valence-corrected chi connectivity index (χ0v) is 11.2. The van der Waals surface area contributed by atoms with Crippen LogP contribution in [0, 0.1) is 20.8 Å². The standard InChI is InChI=1S/C13H17N3S/c1-8-4-9(2)13(10(3)5-8)11-7-17-12(16-11)6-15-14/h4-5,7,15H,6,14H2,1-3H3. The number of nitrogens with one attached hydrogen (secondary N) is 1. The van der Waals surface area contributed by atoms with Gasteiger partial charge in [0.15, 0.2) is 0 Å². The molecule has 1 heterocycles. The van der Waals surface area contributed by atoms with Crippen molar-refractivity contribution in [3.8, 4) is 11.3 Å². The summed E-state index contributed by atoms with van der Waals surface area (Å²) in [5.74, 6) is 5.30. The molecule has 0 fully saturated rings. The number of hydrogen-bond acceptors (Lipinski definition) is 4. The van der Waals surface area contributed by atoms with Crippen LogP contribution in [0.3, 0.4) is 0 Å². The third kappa shape index (κ3) is 2.54. The minimum absolute atomic E-state index is 0.620. The second-order valence-electron chi connectivity index (χ2n) is 4.28. The summed E-state index contributed by atoms with van der Waals surface area (Å²) in [4.78, 5) is 4.60. The van der Waals surface area contributed by atoms with Crippen molar-refractivity contribution in [2.75, 3.05) is 0 Å². The first-order valence-corrected chi connectivity index (χ1v) is 6.46. The van der Waals surface area contributed by atoms with E-state index in [2.05, 4.69) is 48.7 Å². The van der Waals surface area contributed by atoms with Gasteiger partial charge in [-0.15, -0.1) is 11.3 Å². The van der Waals surface area contributed by atoms with Crippen molar-refractivity contribution >= 4 is 11.3 Å². The van der Waals surface area contributed by atoms with Crippen molar-refractivity contribution in [3.63, 3.8) is 0 Å². The van der Waals surface area contributed by atoms with Gasteiger partial charge in [-0.05, 0) is 31.9 Å². The fourth-order valence-corrected chi connectivity index (χ4v) is 2.91. The lowest BCUT2D eigenvalue weighted by Crippen LogP contribution is -2.20. The molecule has 17 heavy (non-hydrogen) atoms. The predicted octanol–water partition coefficient (Wildman–Crippen LogP) is 2.70. The maximum Gasteiger partial charge on any atom is 0.108 e. The number of nitrogens with zero attached hydrogens (tertiary/aromatic N) is 1. The Kier molecular flexibility index (Phi) is 3.57. The third-order valence-corrected chi connectivity index (χ3v) is 3.59. The molecule has 3 N–H and O–H groups in total. The van der Waals surface area contributed by atoms with Gasteiger partial charge in [0.2, 0.25) is 0 Å². The molecule has 2 aromatic rings. The molecule has 4 heteroatoms. The Labute approximate surface area is 106 Å². The van der Waals surface area contributed by atoms with E-state index in [0.717, 1.165) is 10.7 Å². The highest BCUT2D eigenvalue weighted by atomic mass is 32.1. The predicted molar refractivity (Wildman–Crippen MR) is 72.8 cm³/mol. The van der Waals surface area contributed by atoms with Crippen molar-refractivity contribution < 1.29 is 0 Å². The Bertz CT molecular complexity index is 508. The van der Waals surface area contributed by atoms with E-state index < -0.39 is 0 Å². The van der Waals surface area contributed by atoms with E-state index in [-0.39, 0.29) is 0 Å². The first-order valence-electron chi connectivity index (χ1n) is 5.58. The van der Waals surface area contributed by atoms with Gasteiger partial charge in [-0.25, -0.2) is 4.98 Å². The molecule has 0 aliphatic carbocycles. The molecule has 0 amide bonds. The van der Waals surface area contributed by atoms with Crippen molar-refractivity contribution in [2.45, 2.75) is 27.3 Å². The van der Waals surface area contributed by atoms with Crippen molar-refractivity contribution in [2.24, 2.45) is 5.84 Å². The van der Waals surface area contributed by atoms with Crippen LogP contribution < -0.4 is 11.3 Å². The second kappa shape index (κ2) is 4.96. The van der Waals surface area contributed by atoms with Crippen LogP contribution in [0.15, 0.2) is 17.5 Å². The monoisotopic (exact) mass is 247 g/mol. The average Bonchev–Trinajstić information content (AvgIpc) is 2.65. The molecular weight excluding hydrogens is 230 g/mol. The quantitative estimate of drug-likeness (QED) is 0.647. The number of aromatic nitrogens is 1. The summed E-state index contributed by atoms with van der Waals surface area (Å²) in [6.07, 6.45) is 0. The van der Waals surface area contributed by atoms with Crippen LogP contribution >= 0.6 is 11.3 Å². The Balaban J connectivity index is 2.45. The second-order valence-corrected chi connectivity index (χ2v) is 5.22. The van der Waals surface area contributed by atoms with Gasteiger partial charge in [-0.3, -0.25) is 11.3 Å². The van der Waals surface area contributed by atoms with Gasteiger partial charge >= 0.3 is 0 Å². The summed E-state index contributed by atoms with van der Waals surface area (Å²) in [5.41, 5.74) is 8.78. The fraction of sp³-hybridized carbons (Fsp3) is 0.308. The number of hydrogen-bond donors (Lipinski definition) is 2. The van der Waals surface area contributed by atoms with Crippen LogP contribution in [0.2, 0.25) is 0 Å². The molecule has 0 saturated carbocycles. The van der Waals surface area contributed by atoms with E-state index in [0.29, 0.717) is 6.54 Å². The largest absolute Gasteiger partial charge is 0.271 e. The first-order chi connectivity index (χ1) is 8.11. The zero-order chi connectivity index (χ0) is 12.4. The SMILES string of the molecule is Cc1cc(C)c(-c2csc(CNN)n2)c(C)c1. The number of hydrazine groups is 1. The molecule has 0 atom stereocenters. The van der Waals surface area contributed by atoms with Gasteiger partial charge in [0.1, 0.15) is 5.01 Å². The molecule has 1 aromatic carbocycles. The number of benzene rings is 1. The van der Waals surface area contributed by atoms with Gasteiger partial charge in [-0.2, -0.15) is 0 Å². The Morgan fingerprint density at radius 1 is 1.24 bits per heavy atom. The molecular formula is C13H17N3S. The van der Waals surface area contributed by atoms with Gasteiger partial charge in [-0.1, -0.05) is 17.7 Å². The fourth-order valence-electron chi connectivity index (χ4n) is 2.18. The summed E-state index contributed by atoms with van der Waals surface area (Å²) < 4.78 is 0. The van der Waals surface area contributed by atoms with E-state index >= 15 is 0 Å². The first kappa shape index (κ1) is 12.2. The van der Waals surface area contributed by atoms with Crippen LogP contribution in [0.1, 0.15) is 21.7 Å². The summed E-state index contributed by atoms with van der Waals surface area (Å²) in [5, 5.41) is 3.11. The number of nitrogens with two attached hydrogens (primary N) is 1. The smallest absolute Gasteiger partial charge is 0.108 e. The van der Waals surface area contributed by atoms with Crippen LogP contribution in [0.25, 0.3) is 11.3 Å². The highest BCUT2D eigenvalue weighted by Crippen LogP contribution is 2.29. The maximum atomic E-state index is 5.30. The highest BCUT2D eigenvalue weighted by Gasteiger charge is 2.10. The highest BCUT2D eigenvalue weighted by molar-refractivity contribution is 7.09. The van der Waals surface area contributed by atoms with Crippen LogP contribution in [0.4, 0.5) is 0 Å². The Morgan fingerprint density at radius 2 is 1.88 bits per heavy atom. The van der Waals surface area contributed by atoms with E-state index in [4.69, 9.17) is 5.84 Å². The molecule has 3 nitrogen and oxygen atoms in total. The minimum atomic E-state index is 0.620. The summed E-state index contributed by atoms with van der Waals surface area (Å²) >= 11 is 1.64. The van der Waals surface area contributed by atoms with Crippen molar-refractivity contribution in [1.29, 1.82) is 0 Å². The van der Waals surface area contributed by atoms with Crippen LogP contribution in [0.5, 0.6) is 0 Å².